The minimum atomic E-state index is -3.90. The number of benzene rings is 2. The van der Waals surface area contributed by atoms with Gasteiger partial charge in [-0.1, -0.05) is 54.6 Å². The van der Waals surface area contributed by atoms with Gasteiger partial charge in [-0.25, -0.2) is 13.1 Å². The molecule has 3 N–H and O–H groups in total. The maximum absolute atomic E-state index is 13.0. The number of halogens is 2. The van der Waals surface area contributed by atoms with Crippen molar-refractivity contribution in [1.82, 2.24) is 9.71 Å². The van der Waals surface area contributed by atoms with Gasteiger partial charge in [-0.2, -0.15) is 0 Å². The van der Waals surface area contributed by atoms with Crippen molar-refractivity contribution in [2.75, 3.05) is 0 Å². The Labute approximate surface area is 190 Å². The predicted octanol–water partition coefficient (Wildman–Crippen LogP) is 5.30. The third kappa shape index (κ3) is 4.46. The summed E-state index contributed by atoms with van der Waals surface area (Å²) < 4.78 is 28.8. The lowest BCUT2D eigenvalue weighted by molar-refractivity contribution is -0.137. The molecular formula is C22H22Cl2N2O4S. The van der Waals surface area contributed by atoms with Crippen LogP contribution >= 0.6 is 23.2 Å². The number of carboxylic acid groups (broad SMARTS) is 1. The Bertz CT molecular complexity index is 1230. The van der Waals surface area contributed by atoms with E-state index in [1.165, 1.54) is 18.2 Å². The van der Waals surface area contributed by atoms with E-state index in [9.17, 15) is 18.3 Å². The van der Waals surface area contributed by atoms with Gasteiger partial charge in [0.15, 0.2) is 0 Å². The second kappa shape index (κ2) is 8.82. The zero-order valence-corrected chi connectivity index (χ0v) is 18.9. The minimum absolute atomic E-state index is 0.0492. The number of aromatic amines is 1. The van der Waals surface area contributed by atoms with Gasteiger partial charge in [-0.3, -0.25) is 4.79 Å². The highest BCUT2D eigenvalue weighted by Gasteiger charge is 2.29. The average Bonchev–Trinajstić information content (AvgIpc) is 3.14. The molecule has 0 radical (unpaired) electrons. The quantitative estimate of drug-likeness (QED) is 0.445. The fourth-order valence-corrected chi connectivity index (χ4v) is 6.38. The number of nitrogens with one attached hydrogen (secondary N) is 2. The number of hydrogen-bond donors (Lipinski definition) is 3. The van der Waals surface area contributed by atoms with E-state index >= 15 is 0 Å². The number of rotatable bonds is 6. The van der Waals surface area contributed by atoms with Crippen molar-refractivity contribution < 1.29 is 18.3 Å². The molecule has 1 unspecified atom stereocenters. The van der Waals surface area contributed by atoms with Gasteiger partial charge >= 0.3 is 5.97 Å². The second-order valence-corrected chi connectivity index (χ2v) is 10.3. The molecule has 164 valence electrons. The standard InChI is InChI=1S/C22H22Cl2N2O4S/c23-16-10-9-13(11-19(16)31(29,30)26-14-5-2-1-3-6-14)20(22(27)28)15-12-25-18-8-4-7-17(24)21(15)18/h4,7-12,14,20,25-26H,1-3,5-6H2,(H,27,28). The number of carboxylic acids is 1. The van der Waals surface area contributed by atoms with E-state index in [4.69, 9.17) is 23.2 Å². The van der Waals surface area contributed by atoms with Crippen molar-refractivity contribution >= 4 is 50.1 Å². The van der Waals surface area contributed by atoms with Crippen LogP contribution in [-0.4, -0.2) is 30.5 Å². The number of sulfonamides is 1. The van der Waals surface area contributed by atoms with Gasteiger partial charge in [0.2, 0.25) is 10.0 Å². The van der Waals surface area contributed by atoms with Gasteiger partial charge in [0, 0.05) is 23.1 Å². The van der Waals surface area contributed by atoms with Crippen molar-refractivity contribution in [3.63, 3.8) is 0 Å². The summed E-state index contributed by atoms with van der Waals surface area (Å²) in [4.78, 5) is 15.2. The van der Waals surface area contributed by atoms with Gasteiger partial charge in [0.05, 0.1) is 10.0 Å². The van der Waals surface area contributed by atoms with E-state index in [0.717, 1.165) is 32.1 Å². The number of aliphatic carboxylic acids is 1. The first-order chi connectivity index (χ1) is 14.8. The van der Waals surface area contributed by atoms with E-state index < -0.39 is 21.9 Å². The molecular weight excluding hydrogens is 459 g/mol. The number of hydrogen-bond acceptors (Lipinski definition) is 3. The lowest BCUT2D eigenvalue weighted by Gasteiger charge is -2.23. The minimum Gasteiger partial charge on any atom is -0.481 e. The van der Waals surface area contributed by atoms with E-state index in [1.807, 2.05) is 0 Å². The van der Waals surface area contributed by atoms with Crippen LogP contribution in [0.4, 0.5) is 0 Å². The van der Waals surface area contributed by atoms with Gasteiger partial charge in [-0.05, 0) is 48.2 Å². The van der Waals surface area contributed by atoms with Gasteiger partial charge in [0.25, 0.3) is 0 Å². The van der Waals surface area contributed by atoms with Crippen molar-refractivity contribution in [3.05, 3.63) is 63.8 Å². The van der Waals surface area contributed by atoms with E-state index in [0.29, 0.717) is 27.1 Å². The summed E-state index contributed by atoms with van der Waals surface area (Å²) in [5.41, 5.74) is 1.47. The Balaban J connectivity index is 1.77. The highest BCUT2D eigenvalue weighted by Crippen LogP contribution is 2.37. The number of fused-ring (bicyclic) bond motifs is 1. The largest absolute Gasteiger partial charge is 0.481 e. The van der Waals surface area contributed by atoms with Crippen LogP contribution in [0.1, 0.15) is 49.1 Å². The molecule has 0 saturated heterocycles. The highest BCUT2D eigenvalue weighted by molar-refractivity contribution is 7.89. The average molecular weight is 481 g/mol. The summed E-state index contributed by atoms with van der Waals surface area (Å²) in [5, 5.41) is 11.1. The molecule has 4 rings (SSSR count). The van der Waals surface area contributed by atoms with Crippen LogP contribution in [0.3, 0.4) is 0 Å². The molecule has 6 nitrogen and oxygen atoms in total. The van der Waals surface area contributed by atoms with Crippen molar-refractivity contribution in [2.24, 2.45) is 0 Å². The smallest absolute Gasteiger partial charge is 0.315 e. The summed E-state index contributed by atoms with van der Waals surface area (Å²) in [6.45, 7) is 0. The fraction of sp³-hybridized carbons (Fsp3) is 0.318. The summed E-state index contributed by atoms with van der Waals surface area (Å²) >= 11 is 12.6. The molecule has 1 aliphatic carbocycles. The maximum atomic E-state index is 13.0. The molecule has 2 aromatic carbocycles. The Morgan fingerprint density at radius 2 is 1.84 bits per heavy atom. The Kier molecular flexibility index (Phi) is 6.30. The molecule has 31 heavy (non-hydrogen) atoms. The molecule has 1 fully saturated rings. The topological polar surface area (TPSA) is 99.3 Å². The molecule has 1 atom stereocenters. The van der Waals surface area contributed by atoms with Crippen LogP contribution in [0.25, 0.3) is 10.9 Å². The molecule has 3 aromatic rings. The molecule has 1 heterocycles. The first kappa shape index (κ1) is 22.1. The molecule has 9 heteroatoms. The van der Waals surface area contributed by atoms with E-state index in [2.05, 4.69) is 9.71 Å². The van der Waals surface area contributed by atoms with Gasteiger partial charge < -0.3 is 10.1 Å². The number of carbonyl (C=O) groups is 1. The van der Waals surface area contributed by atoms with Crippen molar-refractivity contribution in [2.45, 2.75) is 49.0 Å². The van der Waals surface area contributed by atoms with Crippen molar-refractivity contribution in [1.29, 1.82) is 0 Å². The van der Waals surface area contributed by atoms with Crippen LogP contribution in [0, 0.1) is 0 Å². The zero-order chi connectivity index (χ0) is 22.2. The van der Waals surface area contributed by atoms with Crippen LogP contribution in [0.15, 0.2) is 47.5 Å². The normalized spacial score (nSPS) is 16.5. The zero-order valence-electron chi connectivity index (χ0n) is 16.6. The van der Waals surface area contributed by atoms with E-state index in [1.54, 1.807) is 24.4 Å². The highest BCUT2D eigenvalue weighted by atomic mass is 35.5. The summed E-state index contributed by atoms with van der Waals surface area (Å²) in [5.74, 6) is -2.23. The number of H-pyrrole nitrogens is 1. The van der Waals surface area contributed by atoms with Crippen molar-refractivity contribution in [3.8, 4) is 0 Å². The Hall–Kier alpha value is -2.06. The maximum Gasteiger partial charge on any atom is 0.315 e. The third-order valence-corrected chi connectivity index (χ3v) is 8.07. The lowest BCUT2D eigenvalue weighted by Crippen LogP contribution is -2.36. The predicted molar refractivity (Wildman–Crippen MR) is 121 cm³/mol. The first-order valence-corrected chi connectivity index (χ1v) is 12.3. The molecule has 0 spiro atoms. The first-order valence-electron chi connectivity index (χ1n) is 10.1. The van der Waals surface area contributed by atoms with Crippen LogP contribution in [0.2, 0.25) is 10.0 Å². The molecule has 0 aliphatic heterocycles. The third-order valence-electron chi connectivity index (χ3n) is 5.75. The monoisotopic (exact) mass is 480 g/mol. The SMILES string of the molecule is O=C(O)C(c1ccc(Cl)c(S(=O)(=O)NC2CCCCC2)c1)c1c[nH]c2cccc(Cl)c12. The fourth-order valence-electron chi connectivity index (χ4n) is 4.26. The van der Waals surface area contributed by atoms with Gasteiger partial charge in [-0.15, -0.1) is 0 Å². The molecule has 0 amide bonds. The van der Waals surface area contributed by atoms with Gasteiger partial charge in [0.1, 0.15) is 10.8 Å². The summed E-state index contributed by atoms with van der Waals surface area (Å²) in [7, 11) is -3.90. The Morgan fingerprint density at radius 3 is 2.55 bits per heavy atom. The number of aromatic nitrogens is 1. The molecule has 1 aromatic heterocycles. The summed E-state index contributed by atoms with van der Waals surface area (Å²) in [6.07, 6.45) is 6.21. The summed E-state index contributed by atoms with van der Waals surface area (Å²) in [6, 6.07) is 9.43. The Morgan fingerprint density at radius 1 is 1.10 bits per heavy atom. The van der Waals surface area contributed by atoms with E-state index in [-0.39, 0.29) is 16.0 Å². The lowest BCUT2D eigenvalue weighted by atomic mass is 9.91. The molecule has 1 saturated carbocycles. The van der Waals surface area contributed by atoms with Crippen LogP contribution in [-0.2, 0) is 14.8 Å². The molecule has 1 aliphatic rings. The second-order valence-electron chi connectivity index (χ2n) is 7.82. The molecule has 0 bridgehead atoms. The van der Waals surface area contributed by atoms with Crippen LogP contribution < -0.4 is 4.72 Å². The van der Waals surface area contributed by atoms with Crippen LogP contribution in [0.5, 0.6) is 0 Å².